The summed E-state index contributed by atoms with van der Waals surface area (Å²) in [6, 6.07) is 1.68. The van der Waals surface area contributed by atoms with Crippen LogP contribution >= 0.6 is 0 Å². The summed E-state index contributed by atoms with van der Waals surface area (Å²) in [5, 5.41) is 2.81. The summed E-state index contributed by atoms with van der Waals surface area (Å²) in [4.78, 5) is 21.8. The minimum absolute atomic E-state index is 0.0308. The van der Waals surface area contributed by atoms with Crippen molar-refractivity contribution >= 4 is 12.2 Å². The monoisotopic (exact) mass is 208 g/mol. The maximum Gasteiger partial charge on any atom is 0.239 e. The summed E-state index contributed by atoms with van der Waals surface area (Å²) in [6.45, 7) is 5.03. The lowest BCUT2D eigenvalue weighted by Crippen LogP contribution is -2.30. The molecule has 1 heterocycles. The minimum Gasteiger partial charge on any atom is -0.354 e. The Morgan fingerprint density at radius 3 is 2.87 bits per heavy atom. The highest BCUT2D eigenvalue weighted by Crippen LogP contribution is 1.97. The molecule has 0 radical (unpaired) electrons. The molecule has 0 fully saturated rings. The average Bonchev–Trinajstić information content (AvgIpc) is 2.62. The molecule has 1 amide bonds. The number of amides is 1. The Morgan fingerprint density at radius 2 is 2.33 bits per heavy atom. The van der Waals surface area contributed by atoms with Crippen molar-refractivity contribution in [3.63, 3.8) is 0 Å². The van der Waals surface area contributed by atoms with E-state index < -0.39 is 0 Å². The second kappa shape index (κ2) is 5.34. The van der Waals surface area contributed by atoms with E-state index in [1.165, 1.54) is 0 Å². The van der Waals surface area contributed by atoms with Crippen LogP contribution < -0.4 is 5.32 Å². The fourth-order valence-electron chi connectivity index (χ4n) is 1.17. The molecule has 0 unspecified atom stereocenters. The van der Waals surface area contributed by atoms with E-state index in [1.807, 2.05) is 13.8 Å². The van der Waals surface area contributed by atoms with Crippen LogP contribution in [0, 0.1) is 5.92 Å². The SMILES string of the molecule is CC(C)CNC(=O)Cn1ccc(C=O)c1. The fraction of sp³-hybridized carbons (Fsp3) is 0.455. The molecule has 1 rings (SSSR count). The van der Waals surface area contributed by atoms with Crippen molar-refractivity contribution in [1.29, 1.82) is 0 Å². The van der Waals surface area contributed by atoms with Gasteiger partial charge < -0.3 is 9.88 Å². The third-order valence-corrected chi connectivity index (χ3v) is 1.94. The molecular formula is C11H16N2O2. The molecule has 0 atom stereocenters. The van der Waals surface area contributed by atoms with Gasteiger partial charge in [-0.2, -0.15) is 0 Å². The first kappa shape index (κ1) is 11.5. The van der Waals surface area contributed by atoms with E-state index in [-0.39, 0.29) is 12.5 Å². The number of rotatable bonds is 5. The topological polar surface area (TPSA) is 51.1 Å². The molecule has 1 aromatic rings. The lowest BCUT2D eigenvalue weighted by atomic mass is 10.2. The highest BCUT2D eigenvalue weighted by molar-refractivity contribution is 5.77. The van der Waals surface area contributed by atoms with Crippen LogP contribution in [0.4, 0.5) is 0 Å². The van der Waals surface area contributed by atoms with Gasteiger partial charge in [-0.3, -0.25) is 9.59 Å². The summed E-state index contributed by atoms with van der Waals surface area (Å²) in [5.41, 5.74) is 0.589. The van der Waals surface area contributed by atoms with Gasteiger partial charge in [0.1, 0.15) is 6.54 Å². The van der Waals surface area contributed by atoms with Crippen LogP contribution in [0.25, 0.3) is 0 Å². The zero-order chi connectivity index (χ0) is 11.3. The number of aldehydes is 1. The standard InChI is InChI=1S/C11H16N2O2/c1-9(2)5-12-11(15)7-13-4-3-10(6-13)8-14/h3-4,6,8-9H,5,7H2,1-2H3,(H,12,15). The van der Waals surface area contributed by atoms with Gasteiger partial charge in [-0.25, -0.2) is 0 Å². The highest BCUT2D eigenvalue weighted by Gasteiger charge is 2.03. The molecule has 0 saturated heterocycles. The number of hydrogen-bond acceptors (Lipinski definition) is 2. The van der Waals surface area contributed by atoms with E-state index in [9.17, 15) is 9.59 Å². The zero-order valence-electron chi connectivity index (χ0n) is 9.06. The first-order valence-corrected chi connectivity index (χ1v) is 4.99. The first-order chi connectivity index (χ1) is 7.11. The van der Waals surface area contributed by atoms with Crippen LogP contribution in [0.1, 0.15) is 24.2 Å². The summed E-state index contributed by atoms with van der Waals surface area (Å²) >= 11 is 0. The Hall–Kier alpha value is -1.58. The number of nitrogens with zero attached hydrogens (tertiary/aromatic N) is 1. The Balaban J connectivity index is 2.40. The molecule has 0 aromatic carbocycles. The van der Waals surface area contributed by atoms with E-state index >= 15 is 0 Å². The molecule has 15 heavy (non-hydrogen) atoms. The van der Waals surface area contributed by atoms with E-state index in [0.717, 1.165) is 6.29 Å². The van der Waals surface area contributed by atoms with Gasteiger partial charge in [-0.05, 0) is 12.0 Å². The molecule has 4 heteroatoms. The predicted molar refractivity (Wildman–Crippen MR) is 57.7 cm³/mol. The Morgan fingerprint density at radius 1 is 1.60 bits per heavy atom. The van der Waals surface area contributed by atoms with Crippen molar-refractivity contribution in [3.8, 4) is 0 Å². The molecule has 0 spiro atoms. The molecule has 82 valence electrons. The van der Waals surface area contributed by atoms with Crippen molar-refractivity contribution in [2.45, 2.75) is 20.4 Å². The smallest absolute Gasteiger partial charge is 0.239 e. The molecular weight excluding hydrogens is 192 g/mol. The molecule has 0 bridgehead atoms. The number of nitrogens with one attached hydrogen (secondary N) is 1. The second-order valence-corrected chi connectivity index (χ2v) is 3.93. The van der Waals surface area contributed by atoms with Gasteiger partial charge >= 0.3 is 0 Å². The van der Waals surface area contributed by atoms with Crippen molar-refractivity contribution in [2.75, 3.05) is 6.54 Å². The summed E-state index contributed by atoms with van der Waals surface area (Å²) in [6.07, 6.45) is 4.14. The van der Waals surface area contributed by atoms with Gasteiger partial charge in [-0.15, -0.1) is 0 Å². The normalized spacial score (nSPS) is 10.3. The number of carbonyl (C=O) groups excluding carboxylic acids is 2. The fourth-order valence-corrected chi connectivity index (χ4v) is 1.17. The Kier molecular flexibility index (Phi) is 4.09. The molecule has 0 saturated carbocycles. The minimum atomic E-state index is -0.0308. The maximum atomic E-state index is 11.4. The Bertz CT molecular complexity index is 342. The first-order valence-electron chi connectivity index (χ1n) is 4.99. The van der Waals surface area contributed by atoms with E-state index in [4.69, 9.17) is 0 Å². The molecule has 0 aliphatic heterocycles. The van der Waals surface area contributed by atoms with Crippen LogP contribution in [0.3, 0.4) is 0 Å². The number of aromatic nitrogens is 1. The third-order valence-electron chi connectivity index (χ3n) is 1.94. The van der Waals surface area contributed by atoms with Gasteiger partial charge in [0.2, 0.25) is 5.91 Å². The number of hydrogen-bond donors (Lipinski definition) is 1. The lowest BCUT2D eigenvalue weighted by Gasteiger charge is -2.07. The van der Waals surface area contributed by atoms with Crippen LogP contribution in [0.2, 0.25) is 0 Å². The van der Waals surface area contributed by atoms with Crippen molar-refractivity contribution < 1.29 is 9.59 Å². The highest BCUT2D eigenvalue weighted by atomic mass is 16.2. The maximum absolute atomic E-state index is 11.4. The second-order valence-electron chi connectivity index (χ2n) is 3.93. The number of carbonyl (C=O) groups is 2. The van der Waals surface area contributed by atoms with Gasteiger partial charge in [-0.1, -0.05) is 13.8 Å². The van der Waals surface area contributed by atoms with Gasteiger partial charge in [0.15, 0.2) is 6.29 Å². The summed E-state index contributed by atoms with van der Waals surface area (Å²) in [5.74, 6) is 0.417. The van der Waals surface area contributed by atoms with E-state index in [2.05, 4.69) is 5.32 Å². The van der Waals surface area contributed by atoms with Crippen molar-refractivity contribution in [3.05, 3.63) is 24.0 Å². The van der Waals surface area contributed by atoms with E-state index in [1.54, 1.807) is 23.0 Å². The lowest BCUT2D eigenvalue weighted by molar-refractivity contribution is -0.121. The summed E-state index contributed by atoms with van der Waals surface area (Å²) < 4.78 is 1.69. The van der Waals surface area contributed by atoms with Gasteiger partial charge in [0.25, 0.3) is 0 Å². The Labute approximate surface area is 89.3 Å². The largest absolute Gasteiger partial charge is 0.354 e. The van der Waals surface area contributed by atoms with E-state index in [0.29, 0.717) is 18.0 Å². The van der Waals surface area contributed by atoms with Crippen molar-refractivity contribution in [1.82, 2.24) is 9.88 Å². The molecule has 4 nitrogen and oxygen atoms in total. The quantitative estimate of drug-likeness (QED) is 0.736. The molecule has 1 aromatic heterocycles. The van der Waals surface area contributed by atoms with Crippen molar-refractivity contribution in [2.24, 2.45) is 5.92 Å². The van der Waals surface area contributed by atoms with Crippen LogP contribution in [0.15, 0.2) is 18.5 Å². The van der Waals surface area contributed by atoms with Crippen LogP contribution in [-0.2, 0) is 11.3 Å². The molecule has 1 N–H and O–H groups in total. The molecule has 0 aliphatic rings. The van der Waals surface area contributed by atoms with Crippen LogP contribution in [0.5, 0.6) is 0 Å². The average molecular weight is 208 g/mol. The molecule has 0 aliphatic carbocycles. The van der Waals surface area contributed by atoms with Gasteiger partial charge in [0.05, 0.1) is 0 Å². The predicted octanol–water partition coefficient (Wildman–Crippen LogP) is 1.07. The van der Waals surface area contributed by atoms with Gasteiger partial charge in [0, 0.05) is 24.5 Å². The summed E-state index contributed by atoms with van der Waals surface area (Å²) in [7, 11) is 0. The zero-order valence-corrected chi connectivity index (χ0v) is 9.06. The van der Waals surface area contributed by atoms with Crippen LogP contribution in [-0.4, -0.2) is 23.3 Å². The third kappa shape index (κ3) is 3.97.